The van der Waals surface area contributed by atoms with Crippen molar-refractivity contribution >= 4 is 87.2 Å². The number of rotatable bonds is 6. The Morgan fingerprint density at radius 3 is 0.757 bits per heavy atom. The lowest BCUT2D eigenvalue weighted by molar-refractivity contribution is 1.02. The Morgan fingerprint density at radius 1 is 0.257 bits per heavy atom. The fourth-order valence-corrected chi connectivity index (χ4v) is 11.9. The third kappa shape index (κ3) is 5.90. The lowest BCUT2D eigenvalue weighted by Gasteiger charge is -2.23. The van der Waals surface area contributed by atoms with Crippen molar-refractivity contribution < 1.29 is 0 Å². The van der Waals surface area contributed by atoms with Crippen LogP contribution in [0, 0.1) is 22.7 Å². The van der Waals surface area contributed by atoms with Crippen molar-refractivity contribution in [2.24, 2.45) is 0 Å². The molecule has 0 spiro atoms. The first-order valence-electron chi connectivity index (χ1n) is 24.7. The maximum Gasteiger partial charge on any atom is 0.148 e. The van der Waals surface area contributed by atoms with Gasteiger partial charge >= 0.3 is 0 Å². The quantitative estimate of drug-likeness (QED) is 0.167. The lowest BCUT2D eigenvalue weighted by atomic mass is 9.95. The molecule has 0 amide bonds. The third-order valence-corrected chi connectivity index (χ3v) is 15.0. The summed E-state index contributed by atoms with van der Waals surface area (Å²) in [5, 5.41) is 30.7. The number of nitriles is 2. The van der Waals surface area contributed by atoms with Gasteiger partial charge in [-0.2, -0.15) is 10.5 Å². The number of para-hydroxylation sites is 8. The van der Waals surface area contributed by atoms with Gasteiger partial charge in [-0.3, -0.25) is 9.13 Å². The molecule has 15 aromatic rings. The summed E-state index contributed by atoms with van der Waals surface area (Å²) in [5.74, 6) is 1.38. The maximum atomic E-state index is 10.9. The minimum absolute atomic E-state index is 0.517. The first kappa shape index (κ1) is 41.3. The molecule has 5 heterocycles. The SMILES string of the molecule is N#Cc1ccc(-n2c3ccccc3c3ccccc32)c(-c2cc(-c3cc(C#N)ccc3-n3c4ccccc4c4ccccc43)c(-n3c4ccccc4c4ccccc43)nc2-n2c3ccccc3c3ccccc32)c1. The standard InChI is InChI=1S/C67H39N7/c68-40-42-33-35-64(71-56-25-9-1-17-44(56)45-18-2-10-26-57(45)71)52(37-42)54-39-55(53-38-43(41-69)34-36-65(53)72-58-27-11-3-19-46(58)47-20-4-12-28-59(47)72)67(74-62-31-15-7-23-50(62)51-24-8-16-32-63(51)74)70-66(54)73-60-29-13-5-21-48(60)49-22-6-14-30-61(49)73/h1-39H. The molecule has 74 heavy (non-hydrogen) atoms. The Morgan fingerprint density at radius 2 is 0.500 bits per heavy atom. The monoisotopic (exact) mass is 941 g/mol. The van der Waals surface area contributed by atoms with Gasteiger partial charge in [0.25, 0.3) is 0 Å². The molecular formula is C67H39N7. The minimum atomic E-state index is 0.517. The van der Waals surface area contributed by atoms with E-state index in [-0.39, 0.29) is 0 Å². The number of hydrogen-bond donors (Lipinski definition) is 0. The predicted molar refractivity (Wildman–Crippen MR) is 302 cm³/mol. The number of hydrogen-bond acceptors (Lipinski definition) is 3. The highest BCUT2D eigenvalue weighted by atomic mass is 15.1. The molecule has 7 heteroatoms. The number of benzene rings is 10. The molecule has 15 rings (SSSR count). The lowest BCUT2D eigenvalue weighted by Crippen LogP contribution is -2.10. The van der Waals surface area contributed by atoms with Crippen LogP contribution in [0.4, 0.5) is 0 Å². The van der Waals surface area contributed by atoms with Gasteiger partial charge < -0.3 is 9.13 Å². The van der Waals surface area contributed by atoms with Crippen LogP contribution in [0.2, 0.25) is 0 Å². The van der Waals surface area contributed by atoms with Crippen LogP contribution in [0.15, 0.2) is 237 Å². The van der Waals surface area contributed by atoms with Gasteiger partial charge in [0.2, 0.25) is 0 Å². The van der Waals surface area contributed by atoms with E-state index in [0.717, 1.165) is 121 Å². The van der Waals surface area contributed by atoms with Crippen molar-refractivity contribution in [1.29, 1.82) is 10.5 Å². The summed E-state index contributed by atoms with van der Waals surface area (Å²) < 4.78 is 9.26. The highest BCUT2D eigenvalue weighted by Gasteiger charge is 2.28. The van der Waals surface area contributed by atoms with E-state index in [1.54, 1.807) is 0 Å². The molecule has 0 fully saturated rings. The highest BCUT2D eigenvalue weighted by molar-refractivity contribution is 6.14. The second-order valence-corrected chi connectivity index (χ2v) is 18.9. The number of fused-ring (bicyclic) bond motifs is 12. The van der Waals surface area contributed by atoms with Crippen LogP contribution in [0.25, 0.3) is 132 Å². The van der Waals surface area contributed by atoms with Crippen LogP contribution in [0.5, 0.6) is 0 Å². The number of aromatic nitrogens is 5. The van der Waals surface area contributed by atoms with E-state index in [1.807, 2.05) is 24.3 Å². The molecule has 0 saturated carbocycles. The van der Waals surface area contributed by atoms with Crippen LogP contribution >= 0.6 is 0 Å². The Hall–Kier alpha value is -10.5. The van der Waals surface area contributed by atoms with Gasteiger partial charge in [0, 0.05) is 65.3 Å². The predicted octanol–water partition coefficient (Wildman–Crippen LogP) is 16.5. The Bertz CT molecular complexity index is 4430. The zero-order valence-electron chi connectivity index (χ0n) is 39.6. The fraction of sp³-hybridized carbons (Fsp3) is 0. The summed E-state index contributed by atoms with van der Waals surface area (Å²) in [6.07, 6.45) is 0. The van der Waals surface area contributed by atoms with Gasteiger partial charge in [0.05, 0.1) is 78.8 Å². The van der Waals surface area contributed by atoms with Crippen molar-refractivity contribution in [3.63, 3.8) is 0 Å². The summed E-state index contributed by atoms with van der Waals surface area (Å²) in [6, 6.07) is 87.6. The molecule has 0 unspecified atom stereocenters. The van der Waals surface area contributed by atoms with Crippen molar-refractivity contribution in [3.8, 4) is 57.4 Å². The summed E-state index contributed by atoms with van der Waals surface area (Å²) in [4.78, 5) is 6.16. The topological polar surface area (TPSA) is 80.2 Å². The van der Waals surface area contributed by atoms with E-state index < -0.39 is 0 Å². The normalized spacial score (nSPS) is 11.8. The molecule has 0 bridgehead atoms. The van der Waals surface area contributed by atoms with Gasteiger partial charge in [-0.05, 0) is 91.0 Å². The Kier molecular flexibility index (Phi) is 8.95. The van der Waals surface area contributed by atoms with Crippen molar-refractivity contribution in [1.82, 2.24) is 23.3 Å². The van der Waals surface area contributed by atoms with E-state index in [0.29, 0.717) is 22.8 Å². The molecular weight excluding hydrogens is 903 g/mol. The van der Waals surface area contributed by atoms with Gasteiger partial charge in [-0.25, -0.2) is 4.98 Å². The molecule has 0 N–H and O–H groups in total. The molecule has 0 atom stereocenters. The van der Waals surface area contributed by atoms with Gasteiger partial charge in [-0.15, -0.1) is 0 Å². The second-order valence-electron chi connectivity index (χ2n) is 18.9. The van der Waals surface area contributed by atoms with Crippen LogP contribution in [0.3, 0.4) is 0 Å². The molecule has 0 aliphatic rings. The van der Waals surface area contributed by atoms with Crippen LogP contribution < -0.4 is 0 Å². The zero-order chi connectivity index (χ0) is 49.0. The van der Waals surface area contributed by atoms with E-state index in [2.05, 4.69) is 243 Å². The molecule has 7 nitrogen and oxygen atoms in total. The zero-order valence-corrected chi connectivity index (χ0v) is 39.6. The molecule has 0 aliphatic carbocycles. The average Bonchev–Trinajstić information content (AvgIpc) is 4.21. The first-order chi connectivity index (χ1) is 36.7. The Labute approximate surface area is 424 Å². The second kappa shape index (κ2) is 16.0. The first-order valence-corrected chi connectivity index (χ1v) is 24.7. The van der Waals surface area contributed by atoms with E-state index >= 15 is 0 Å². The number of pyridine rings is 1. The number of nitrogens with zero attached hydrogens (tertiary/aromatic N) is 7. The summed E-state index contributed by atoms with van der Waals surface area (Å²) in [6.45, 7) is 0. The van der Waals surface area contributed by atoms with Crippen LogP contribution in [0.1, 0.15) is 11.1 Å². The largest absolute Gasteiger partial charge is 0.309 e. The molecule has 0 saturated heterocycles. The maximum absolute atomic E-state index is 10.9. The highest BCUT2D eigenvalue weighted by Crippen LogP contribution is 2.47. The molecule has 0 aliphatic heterocycles. The van der Waals surface area contributed by atoms with Gasteiger partial charge in [0.1, 0.15) is 11.6 Å². The molecule has 10 aromatic carbocycles. The summed E-state index contributed by atoms with van der Waals surface area (Å²) in [5.41, 5.74) is 14.3. The van der Waals surface area contributed by atoms with Crippen molar-refractivity contribution in [2.45, 2.75) is 0 Å². The van der Waals surface area contributed by atoms with Gasteiger partial charge in [-0.1, -0.05) is 146 Å². The molecule has 0 radical (unpaired) electrons. The third-order valence-electron chi connectivity index (χ3n) is 15.0. The van der Waals surface area contributed by atoms with Gasteiger partial charge in [0.15, 0.2) is 0 Å². The van der Waals surface area contributed by atoms with Crippen LogP contribution in [-0.2, 0) is 0 Å². The van der Waals surface area contributed by atoms with E-state index in [9.17, 15) is 10.5 Å². The average molecular weight is 942 g/mol. The minimum Gasteiger partial charge on any atom is -0.309 e. The van der Waals surface area contributed by atoms with Crippen molar-refractivity contribution in [2.75, 3.05) is 0 Å². The summed E-state index contributed by atoms with van der Waals surface area (Å²) in [7, 11) is 0. The fourth-order valence-electron chi connectivity index (χ4n) is 11.9. The van der Waals surface area contributed by atoms with Crippen molar-refractivity contribution in [3.05, 3.63) is 248 Å². The smallest absolute Gasteiger partial charge is 0.148 e. The molecule has 342 valence electrons. The van der Waals surface area contributed by atoms with E-state index in [4.69, 9.17) is 4.98 Å². The van der Waals surface area contributed by atoms with Crippen LogP contribution in [-0.4, -0.2) is 23.3 Å². The Balaban J connectivity index is 1.18. The molecule has 5 aromatic heterocycles. The van der Waals surface area contributed by atoms with E-state index in [1.165, 1.54) is 0 Å². The summed E-state index contributed by atoms with van der Waals surface area (Å²) >= 11 is 0.